The zero-order valence-corrected chi connectivity index (χ0v) is 46.7. The van der Waals surface area contributed by atoms with E-state index in [-0.39, 0.29) is 13.2 Å². The normalized spacial score (nSPS) is 10.5. The van der Waals surface area contributed by atoms with Crippen molar-refractivity contribution in [3.05, 3.63) is 0 Å². The highest BCUT2D eigenvalue weighted by Crippen LogP contribution is 2.16. The summed E-state index contributed by atoms with van der Waals surface area (Å²) < 4.78 is 0. The molecule has 0 radical (unpaired) electrons. The number of aliphatic carboxylic acids is 4. The molecule has 7 N–H and O–H groups in total. The summed E-state index contributed by atoms with van der Waals surface area (Å²) in [6.45, 7) is 7.16. The molecule has 70 heavy (non-hydrogen) atoms. The number of unbranched alkanes of at least 4 members (excludes halogenated alkanes) is 42. The van der Waals surface area contributed by atoms with E-state index >= 15 is 0 Å². The van der Waals surface area contributed by atoms with Gasteiger partial charge in [-0.1, -0.05) is 290 Å². The fourth-order valence-corrected chi connectivity index (χ4v) is 8.00. The Kier molecular flexibility index (Phi) is 80.3. The number of carboxylic acids is 4. The van der Waals surface area contributed by atoms with Crippen LogP contribution in [0.2, 0.25) is 0 Å². The van der Waals surface area contributed by atoms with E-state index in [1.165, 1.54) is 250 Å². The third-order valence-electron chi connectivity index (χ3n) is 12.4. The molecule has 0 rings (SSSR count). The maximum Gasteiger partial charge on any atom is 0.303 e. The largest absolute Gasteiger partial charge is 0.481 e. The second kappa shape index (κ2) is 73.3. The highest BCUT2D eigenvalue weighted by molar-refractivity contribution is 5.67. The van der Waals surface area contributed by atoms with Crippen molar-refractivity contribution < 1.29 is 54.9 Å². The first-order chi connectivity index (χ1) is 33.9. The number of hydrogen-bond donors (Lipinski definition) is 7. The van der Waals surface area contributed by atoms with Gasteiger partial charge in [-0.05, 0) is 19.3 Å². The Morgan fingerprint density at radius 1 is 0.271 bits per heavy atom. The maximum absolute atomic E-state index is 10.3. The van der Waals surface area contributed by atoms with E-state index in [2.05, 4.69) is 20.8 Å². The summed E-state index contributed by atoms with van der Waals surface area (Å²) in [5.74, 6) is -2.79. The summed E-state index contributed by atoms with van der Waals surface area (Å²) in [7, 11) is 0. The quantitative estimate of drug-likeness (QED) is 0.0285. The van der Waals surface area contributed by atoms with Gasteiger partial charge in [0.25, 0.3) is 5.97 Å². The average molecular weight is 1010 g/mol. The van der Waals surface area contributed by atoms with Crippen molar-refractivity contribution in [2.45, 2.75) is 342 Å². The summed E-state index contributed by atoms with van der Waals surface area (Å²) >= 11 is 0. The van der Waals surface area contributed by atoms with Gasteiger partial charge in [-0.15, -0.1) is 0 Å². The lowest BCUT2D eigenvalue weighted by Gasteiger charge is -2.03. The zero-order valence-electron chi connectivity index (χ0n) is 46.7. The number of aliphatic hydroxyl groups excluding tert-OH is 3. The molecule has 0 saturated carbocycles. The van der Waals surface area contributed by atoms with E-state index < -0.39 is 30.0 Å². The third kappa shape index (κ3) is 99.1. The minimum Gasteiger partial charge on any atom is -0.481 e. The lowest BCUT2D eigenvalue weighted by Crippen LogP contribution is -2.15. The first kappa shape index (κ1) is 76.7. The van der Waals surface area contributed by atoms with E-state index in [1.54, 1.807) is 0 Å². The molecular formula is C59H120O11. The van der Waals surface area contributed by atoms with Gasteiger partial charge < -0.3 is 35.7 Å². The molecule has 11 nitrogen and oxygen atoms in total. The number of hydrogen-bond acceptors (Lipinski definition) is 7. The van der Waals surface area contributed by atoms with Crippen LogP contribution in [0.3, 0.4) is 0 Å². The van der Waals surface area contributed by atoms with Crippen LogP contribution in [0.4, 0.5) is 0 Å². The molecule has 0 aliphatic carbocycles. The van der Waals surface area contributed by atoms with E-state index in [0.29, 0.717) is 19.3 Å². The SMILES string of the molecule is CC(=O)O.CCCCCCCCCCCCCCCCCC(=O)O.CCCCCCCCCCCCCCCCCC(=O)O.CCCCCCCCCCCCCCCCCC(=O)O.OCC(O)CO. The monoisotopic (exact) mass is 1000 g/mol. The summed E-state index contributed by atoms with van der Waals surface area (Å²) in [4.78, 5) is 40.0. The average Bonchev–Trinajstić information content (AvgIpc) is 3.32. The van der Waals surface area contributed by atoms with Crippen LogP contribution in [0.15, 0.2) is 0 Å². The summed E-state index contributed by atoms with van der Waals surface area (Å²) in [5, 5.41) is 57.0. The second-order valence-corrected chi connectivity index (χ2v) is 19.8. The van der Waals surface area contributed by atoms with Crippen LogP contribution in [0, 0.1) is 0 Å². The third-order valence-corrected chi connectivity index (χ3v) is 12.4. The Labute approximate surface area is 432 Å². The van der Waals surface area contributed by atoms with Crippen LogP contribution < -0.4 is 0 Å². The molecule has 0 aliphatic rings. The van der Waals surface area contributed by atoms with E-state index in [1.807, 2.05) is 0 Å². The summed E-state index contributed by atoms with van der Waals surface area (Å²) in [6, 6.07) is 0. The molecule has 0 unspecified atom stereocenters. The lowest BCUT2D eigenvalue weighted by molar-refractivity contribution is -0.138. The minimum atomic E-state index is -0.954. The first-order valence-corrected chi connectivity index (χ1v) is 29.6. The van der Waals surface area contributed by atoms with Crippen LogP contribution in [-0.2, 0) is 19.2 Å². The Bertz CT molecular complexity index is 880. The molecule has 0 amide bonds. The van der Waals surface area contributed by atoms with Crippen molar-refractivity contribution in [2.24, 2.45) is 0 Å². The number of carboxylic acid groups (broad SMARTS) is 4. The van der Waals surface area contributed by atoms with Gasteiger partial charge >= 0.3 is 17.9 Å². The molecule has 0 bridgehead atoms. The molecule has 0 aromatic carbocycles. The maximum atomic E-state index is 10.3. The molecule has 0 aromatic heterocycles. The van der Waals surface area contributed by atoms with Crippen molar-refractivity contribution in [2.75, 3.05) is 13.2 Å². The van der Waals surface area contributed by atoms with Gasteiger partial charge in [-0.2, -0.15) is 0 Å². The number of rotatable bonds is 50. The number of carbonyl (C=O) groups is 4. The van der Waals surface area contributed by atoms with E-state index in [9.17, 15) is 14.4 Å². The van der Waals surface area contributed by atoms with Gasteiger partial charge in [0.05, 0.1) is 13.2 Å². The fraction of sp³-hybridized carbons (Fsp3) is 0.932. The highest BCUT2D eigenvalue weighted by atomic mass is 16.4. The van der Waals surface area contributed by atoms with Crippen LogP contribution in [0.5, 0.6) is 0 Å². The van der Waals surface area contributed by atoms with Gasteiger partial charge in [-0.3, -0.25) is 19.2 Å². The topological polar surface area (TPSA) is 210 Å². The van der Waals surface area contributed by atoms with Crippen molar-refractivity contribution >= 4 is 23.9 Å². The van der Waals surface area contributed by atoms with Gasteiger partial charge in [-0.25, -0.2) is 0 Å². The lowest BCUT2D eigenvalue weighted by atomic mass is 10.0. The molecule has 0 saturated heterocycles. The van der Waals surface area contributed by atoms with E-state index in [4.69, 9.17) is 40.5 Å². The predicted octanol–water partition coefficient (Wildman–Crippen LogP) is 17.4. The Hall–Kier alpha value is -2.24. The molecule has 0 aliphatic heterocycles. The highest BCUT2D eigenvalue weighted by Gasteiger charge is 2.00. The smallest absolute Gasteiger partial charge is 0.303 e. The second-order valence-electron chi connectivity index (χ2n) is 19.8. The van der Waals surface area contributed by atoms with Crippen LogP contribution in [0.25, 0.3) is 0 Å². The summed E-state index contributed by atoms with van der Waals surface area (Å²) in [6.07, 6.45) is 59.6. The van der Waals surface area contributed by atoms with Gasteiger partial charge in [0.1, 0.15) is 6.10 Å². The molecule has 0 aromatic rings. The molecule has 422 valence electrons. The zero-order chi connectivity index (χ0) is 53.2. The molecular weight excluding hydrogens is 885 g/mol. The Morgan fingerprint density at radius 2 is 0.386 bits per heavy atom. The van der Waals surface area contributed by atoms with Crippen LogP contribution in [0.1, 0.15) is 336 Å². The van der Waals surface area contributed by atoms with Gasteiger partial charge in [0, 0.05) is 26.2 Å². The first-order valence-electron chi connectivity index (χ1n) is 29.6. The van der Waals surface area contributed by atoms with Crippen molar-refractivity contribution in [1.29, 1.82) is 0 Å². The molecule has 0 heterocycles. The fourth-order valence-electron chi connectivity index (χ4n) is 8.00. The van der Waals surface area contributed by atoms with Crippen LogP contribution >= 0.6 is 0 Å². The Balaban J connectivity index is -0.000000274. The van der Waals surface area contributed by atoms with Crippen LogP contribution in [-0.4, -0.2) is 78.9 Å². The van der Waals surface area contributed by atoms with Gasteiger partial charge in [0.2, 0.25) is 0 Å². The molecule has 0 atom stereocenters. The predicted molar refractivity (Wildman–Crippen MR) is 295 cm³/mol. The standard InChI is InChI=1S/3C18H36O2.C3H8O3.C2H4O2/c3*1-2-3-4-5-6-7-8-9-10-11-12-13-14-15-16-17-18(19)20;4-1-3(6)2-5;1-2(3)4/h3*2-17H2,1H3,(H,19,20);3-6H,1-2H2;1H3,(H,3,4). The van der Waals surface area contributed by atoms with Crippen molar-refractivity contribution in [3.8, 4) is 0 Å². The minimum absolute atomic E-state index is 0.345. The van der Waals surface area contributed by atoms with Crippen molar-refractivity contribution in [3.63, 3.8) is 0 Å². The number of aliphatic hydroxyl groups is 3. The molecule has 0 fully saturated rings. The van der Waals surface area contributed by atoms with E-state index in [0.717, 1.165) is 45.4 Å². The Morgan fingerprint density at radius 3 is 0.471 bits per heavy atom. The van der Waals surface area contributed by atoms with Crippen molar-refractivity contribution in [1.82, 2.24) is 0 Å². The summed E-state index contributed by atoms with van der Waals surface area (Å²) in [5.41, 5.74) is 0. The van der Waals surface area contributed by atoms with Gasteiger partial charge in [0.15, 0.2) is 0 Å². The molecule has 11 heteroatoms. The molecule has 0 spiro atoms.